The van der Waals surface area contributed by atoms with Gasteiger partial charge in [0.2, 0.25) is 5.75 Å². The van der Waals surface area contributed by atoms with Gasteiger partial charge in [-0.05, 0) is 24.6 Å². The molecule has 28 heavy (non-hydrogen) atoms. The summed E-state index contributed by atoms with van der Waals surface area (Å²) in [5, 5.41) is 7.06. The molecule has 0 saturated heterocycles. The van der Waals surface area contributed by atoms with Crippen LogP contribution >= 0.6 is 0 Å². The highest BCUT2D eigenvalue weighted by atomic mass is 16.5. The highest BCUT2D eigenvalue weighted by Gasteiger charge is 2.19. The van der Waals surface area contributed by atoms with Crippen molar-refractivity contribution in [2.75, 3.05) is 19.5 Å². The number of aromatic nitrogens is 2. The van der Waals surface area contributed by atoms with Crippen LogP contribution in [-0.2, 0) is 13.7 Å². The minimum atomic E-state index is -0.297. The Morgan fingerprint density at radius 3 is 2.25 bits per heavy atom. The van der Waals surface area contributed by atoms with Crippen molar-refractivity contribution in [3.63, 3.8) is 0 Å². The largest absolute Gasteiger partial charge is 0.493 e. The van der Waals surface area contributed by atoms with E-state index in [1.807, 2.05) is 37.3 Å². The van der Waals surface area contributed by atoms with E-state index in [2.05, 4.69) is 10.4 Å². The normalized spacial score (nSPS) is 10.4. The number of amides is 1. The summed E-state index contributed by atoms with van der Waals surface area (Å²) >= 11 is 0. The Balaban J connectivity index is 1.85. The molecule has 3 aromatic rings. The van der Waals surface area contributed by atoms with Crippen LogP contribution in [0.3, 0.4) is 0 Å². The highest BCUT2D eigenvalue weighted by Crippen LogP contribution is 2.39. The van der Waals surface area contributed by atoms with Crippen molar-refractivity contribution in [2.24, 2.45) is 7.05 Å². The second-order valence-electron chi connectivity index (χ2n) is 6.23. The van der Waals surface area contributed by atoms with E-state index in [9.17, 15) is 4.79 Å². The molecule has 146 valence electrons. The number of ether oxygens (including phenoxy) is 3. The third-order valence-electron chi connectivity index (χ3n) is 4.19. The van der Waals surface area contributed by atoms with E-state index in [4.69, 9.17) is 14.2 Å². The number of benzene rings is 2. The molecule has 7 nitrogen and oxygen atoms in total. The molecule has 1 amide bonds. The number of hydrogen-bond acceptors (Lipinski definition) is 5. The Morgan fingerprint density at radius 1 is 1.07 bits per heavy atom. The van der Waals surface area contributed by atoms with Gasteiger partial charge in [0.25, 0.3) is 5.91 Å². The standard InChI is InChI=1S/C21H23N3O4/c1-14-10-19(24(2)23-14)22-21(25)16-11-17(26-3)20(18(12-16)27-4)28-13-15-8-6-5-7-9-15/h5-12H,13H2,1-4H3,(H,22,25). The smallest absolute Gasteiger partial charge is 0.257 e. The summed E-state index contributed by atoms with van der Waals surface area (Å²) in [6, 6.07) is 14.8. The maximum absolute atomic E-state index is 12.7. The van der Waals surface area contributed by atoms with Crippen LogP contribution in [0.2, 0.25) is 0 Å². The van der Waals surface area contributed by atoms with E-state index in [1.165, 1.54) is 14.2 Å². The Morgan fingerprint density at radius 2 is 1.71 bits per heavy atom. The quantitative estimate of drug-likeness (QED) is 0.677. The lowest BCUT2D eigenvalue weighted by atomic mass is 10.1. The summed E-state index contributed by atoms with van der Waals surface area (Å²) in [6.45, 7) is 2.22. The fourth-order valence-electron chi connectivity index (χ4n) is 2.80. The molecule has 3 rings (SSSR count). The maximum Gasteiger partial charge on any atom is 0.257 e. The highest BCUT2D eigenvalue weighted by molar-refractivity contribution is 6.04. The van der Waals surface area contributed by atoms with Gasteiger partial charge in [0.1, 0.15) is 12.4 Å². The Labute approximate surface area is 163 Å². The van der Waals surface area contributed by atoms with E-state index < -0.39 is 0 Å². The van der Waals surface area contributed by atoms with E-state index in [1.54, 1.807) is 29.9 Å². The van der Waals surface area contributed by atoms with Gasteiger partial charge in [-0.3, -0.25) is 9.48 Å². The first-order valence-electron chi connectivity index (χ1n) is 8.76. The topological polar surface area (TPSA) is 74.6 Å². The summed E-state index contributed by atoms with van der Waals surface area (Å²) in [4.78, 5) is 12.7. The summed E-state index contributed by atoms with van der Waals surface area (Å²) in [6.07, 6.45) is 0. The Bertz CT molecular complexity index is 942. The fourth-order valence-corrected chi connectivity index (χ4v) is 2.80. The lowest BCUT2D eigenvalue weighted by Crippen LogP contribution is -2.15. The lowest BCUT2D eigenvalue weighted by Gasteiger charge is -2.16. The molecule has 0 saturated carbocycles. The van der Waals surface area contributed by atoms with Crippen molar-refractivity contribution in [1.82, 2.24) is 9.78 Å². The zero-order valence-electron chi connectivity index (χ0n) is 16.4. The number of methoxy groups -OCH3 is 2. The number of nitrogens with one attached hydrogen (secondary N) is 1. The second-order valence-corrected chi connectivity index (χ2v) is 6.23. The van der Waals surface area contributed by atoms with Gasteiger partial charge in [0, 0.05) is 18.7 Å². The molecule has 0 bridgehead atoms. The molecule has 0 radical (unpaired) electrons. The number of aryl methyl sites for hydroxylation is 2. The van der Waals surface area contributed by atoms with Gasteiger partial charge >= 0.3 is 0 Å². The minimum absolute atomic E-state index is 0.297. The van der Waals surface area contributed by atoms with Crippen molar-refractivity contribution in [2.45, 2.75) is 13.5 Å². The fraction of sp³-hybridized carbons (Fsp3) is 0.238. The van der Waals surface area contributed by atoms with Gasteiger partial charge in [-0.25, -0.2) is 0 Å². The number of hydrogen-bond donors (Lipinski definition) is 1. The van der Waals surface area contributed by atoms with Gasteiger partial charge in [-0.2, -0.15) is 5.10 Å². The zero-order chi connectivity index (χ0) is 20.1. The molecule has 1 N–H and O–H groups in total. The van der Waals surface area contributed by atoms with Crippen molar-refractivity contribution in [1.29, 1.82) is 0 Å². The van der Waals surface area contributed by atoms with Crippen LogP contribution < -0.4 is 19.5 Å². The summed E-state index contributed by atoms with van der Waals surface area (Å²) < 4.78 is 18.4. The predicted octanol–water partition coefficient (Wildman–Crippen LogP) is 3.58. The third-order valence-corrected chi connectivity index (χ3v) is 4.19. The van der Waals surface area contributed by atoms with Crippen LogP contribution in [0.5, 0.6) is 17.2 Å². The van der Waals surface area contributed by atoms with Crippen molar-refractivity contribution >= 4 is 11.7 Å². The van der Waals surface area contributed by atoms with Crippen molar-refractivity contribution in [3.05, 3.63) is 65.4 Å². The first kappa shape index (κ1) is 19.3. The summed E-state index contributed by atoms with van der Waals surface area (Å²) in [5.74, 6) is 1.59. The average Bonchev–Trinajstić information content (AvgIpc) is 3.03. The molecule has 7 heteroatoms. The molecule has 0 spiro atoms. The van der Waals surface area contributed by atoms with Crippen LogP contribution in [0.15, 0.2) is 48.5 Å². The van der Waals surface area contributed by atoms with E-state index in [0.717, 1.165) is 11.3 Å². The van der Waals surface area contributed by atoms with Gasteiger partial charge in [0.15, 0.2) is 11.5 Å². The number of carbonyl (C=O) groups is 1. The van der Waals surface area contributed by atoms with Crippen LogP contribution in [0, 0.1) is 6.92 Å². The lowest BCUT2D eigenvalue weighted by molar-refractivity contribution is 0.102. The van der Waals surface area contributed by atoms with Crippen LogP contribution in [0.1, 0.15) is 21.6 Å². The molecule has 1 aromatic heterocycles. The number of nitrogens with zero attached hydrogens (tertiary/aromatic N) is 2. The molecule has 2 aromatic carbocycles. The molecule has 0 aliphatic rings. The molecular weight excluding hydrogens is 358 g/mol. The third kappa shape index (κ3) is 4.25. The van der Waals surface area contributed by atoms with Gasteiger partial charge in [-0.15, -0.1) is 0 Å². The van der Waals surface area contributed by atoms with Crippen LogP contribution in [0.25, 0.3) is 0 Å². The second kappa shape index (κ2) is 8.47. The SMILES string of the molecule is COc1cc(C(=O)Nc2cc(C)nn2C)cc(OC)c1OCc1ccccc1. The van der Waals surface area contributed by atoms with Crippen LogP contribution in [-0.4, -0.2) is 29.9 Å². The molecule has 0 aliphatic carbocycles. The van der Waals surface area contributed by atoms with Crippen LogP contribution in [0.4, 0.5) is 5.82 Å². The van der Waals surface area contributed by atoms with E-state index in [-0.39, 0.29) is 5.91 Å². The number of anilines is 1. The number of carbonyl (C=O) groups excluding carboxylic acids is 1. The van der Waals surface area contributed by atoms with E-state index in [0.29, 0.717) is 35.2 Å². The molecule has 1 heterocycles. The zero-order valence-corrected chi connectivity index (χ0v) is 16.4. The maximum atomic E-state index is 12.7. The van der Waals surface area contributed by atoms with Crippen molar-refractivity contribution < 1.29 is 19.0 Å². The Hall–Kier alpha value is -3.48. The summed E-state index contributed by atoms with van der Waals surface area (Å²) in [5.41, 5.74) is 2.22. The molecule has 0 aliphatic heterocycles. The average molecular weight is 381 g/mol. The molecular formula is C21H23N3O4. The monoisotopic (exact) mass is 381 g/mol. The van der Waals surface area contributed by atoms with Gasteiger partial charge in [-0.1, -0.05) is 30.3 Å². The van der Waals surface area contributed by atoms with Gasteiger partial charge in [0.05, 0.1) is 19.9 Å². The number of rotatable bonds is 7. The first-order valence-corrected chi connectivity index (χ1v) is 8.76. The summed E-state index contributed by atoms with van der Waals surface area (Å²) in [7, 11) is 4.82. The van der Waals surface area contributed by atoms with E-state index >= 15 is 0 Å². The first-order chi connectivity index (χ1) is 13.5. The predicted molar refractivity (Wildman–Crippen MR) is 106 cm³/mol. The molecule has 0 unspecified atom stereocenters. The molecule has 0 fully saturated rings. The van der Waals surface area contributed by atoms with Crippen molar-refractivity contribution in [3.8, 4) is 17.2 Å². The molecule has 0 atom stereocenters. The Kier molecular flexibility index (Phi) is 5.84. The minimum Gasteiger partial charge on any atom is -0.493 e. The van der Waals surface area contributed by atoms with Gasteiger partial charge < -0.3 is 19.5 Å².